The van der Waals surface area contributed by atoms with Gasteiger partial charge in [0.2, 0.25) is 5.91 Å². The summed E-state index contributed by atoms with van der Waals surface area (Å²) in [5, 5.41) is 11.7. The van der Waals surface area contributed by atoms with Gasteiger partial charge in [-0.25, -0.2) is 0 Å². The Labute approximate surface area is 113 Å². The van der Waals surface area contributed by atoms with E-state index in [-0.39, 0.29) is 24.0 Å². The summed E-state index contributed by atoms with van der Waals surface area (Å²) in [6.45, 7) is 5.48. The van der Waals surface area contributed by atoms with Gasteiger partial charge in [0.05, 0.1) is 12.0 Å². The lowest BCUT2D eigenvalue weighted by atomic mass is 9.91. The number of amides is 1. The molecular weight excluding hydrogens is 248 g/mol. The number of aliphatic carboxylic acids is 1. The molecule has 0 fully saturated rings. The van der Waals surface area contributed by atoms with E-state index >= 15 is 0 Å². The third-order valence-electron chi connectivity index (χ3n) is 2.99. The molecule has 0 aromatic rings. The largest absolute Gasteiger partial charge is 0.481 e. The van der Waals surface area contributed by atoms with E-state index in [4.69, 9.17) is 10.8 Å². The molecule has 0 aromatic heterocycles. The third kappa shape index (κ3) is 7.56. The molecule has 0 spiro atoms. The zero-order valence-corrected chi connectivity index (χ0v) is 11.8. The van der Waals surface area contributed by atoms with Crippen molar-refractivity contribution in [2.45, 2.75) is 46.1 Å². The fourth-order valence-electron chi connectivity index (χ4n) is 1.68. The maximum Gasteiger partial charge on any atom is 0.306 e. The molecule has 0 aliphatic heterocycles. The van der Waals surface area contributed by atoms with Crippen LogP contribution in [0.15, 0.2) is 0 Å². The van der Waals surface area contributed by atoms with Crippen LogP contribution in [0.25, 0.3) is 0 Å². The Morgan fingerprint density at radius 1 is 1.26 bits per heavy atom. The van der Waals surface area contributed by atoms with Gasteiger partial charge in [0, 0.05) is 19.9 Å². The second kappa shape index (κ2) is 8.63. The van der Waals surface area contributed by atoms with E-state index in [1.807, 2.05) is 13.8 Å². The van der Waals surface area contributed by atoms with Gasteiger partial charge in [-0.3, -0.25) is 14.4 Å². The number of nitrogens with two attached hydrogens (primary N) is 1. The SMILES string of the molecule is CC(=O)NCCC[C@H](CC(=O)[C@@H](N)C(C)C)C(=O)O. The van der Waals surface area contributed by atoms with E-state index in [0.717, 1.165) is 0 Å². The van der Waals surface area contributed by atoms with Crippen LogP contribution >= 0.6 is 0 Å². The summed E-state index contributed by atoms with van der Waals surface area (Å²) in [6, 6.07) is -0.614. The number of carbonyl (C=O) groups excluding carboxylic acids is 2. The first kappa shape index (κ1) is 17.6. The number of rotatable bonds is 9. The average Bonchev–Trinajstić information content (AvgIpc) is 2.30. The van der Waals surface area contributed by atoms with Crippen LogP contribution in [0.2, 0.25) is 0 Å². The van der Waals surface area contributed by atoms with Gasteiger partial charge >= 0.3 is 5.97 Å². The molecule has 6 heteroatoms. The predicted molar refractivity (Wildman–Crippen MR) is 71.5 cm³/mol. The highest BCUT2D eigenvalue weighted by atomic mass is 16.4. The smallest absolute Gasteiger partial charge is 0.306 e. The van der Waals surface area contributed by atoms with Crippen LogP contribution in [0.3, 0.4) is 0 Å². The zero-order valence-electron chi connectivity index (χ0n) is 11.8. The maximum atomic E-state index is 11.8. The van der Waals surface area contributed by atoms with Gasteiger partial charge in [0.15, 0.2) is 5.78 Å². The number of nitrogens with one attached hydrogen (secondary N) is 1. The first-order chi connectivity index (χ1) is 8.75. The Morgan fingerprint density at radius 3 is 2.26 bits per heavy atom. The van der Waals surface area contributed by atoms with E-state index in [1.165, 1.54) is 6.92 Å². The molecule has 2 atom stereocenters. The van der Waals surface area contributed by atoms with E-state index in [1.54, 1.807) is 0 Å². The van der Waals surface area contributed by atoms with Crippen molar-refractivity contribution in [2.24, 2.45) is 17.6 Å². The average molecular weight is 272 g/mol. The zero-order chi connectivity index (χ0) is 15.0. The third-order valence-corrected chi connectivity index (χ3v) is 2.99. The summed E-state index contributed by atoms with van der Waals surface area (Å²) < 4.78 is 0. The van der Waals surface area contributed by atoms with Crippen LogP contribution in [-0.2, 0) is 14.4 Å². The normalized spacial score (nSPS) is 13.9. The molecule has 0 saturated heterocycles. The van der Waals surface area contributed by atoms with Gasteiger partial charge in [-0.1, -0.05) is 13.8 Å². The second-order valence-electron chi connectivity index (χ2n) is 5.10. The number of carboxylic acids is 1. The Balaban J connectivity index is 4.23. The fraction of sp³-hybridized carbons (Fsp3) is 0.769. The highest BCUT2D eigenvalue weighted by Crippen LogP contribution is 2.14. The molecule has 0 aromatic carbocycles. The van der Waals surface area contributed by atoms with Crippen LogP contribution in [0.1, 0.15) is 40.0 Å². The molecule has 6 nitrogen and oxygen atoms in total. The van der Waals surface area contributed by atoms with Crippen LogP contribution < -0.4 is 11.1 Å². The fourth-order valence-corrected chi connectivity index (χ4v) is 1.68. The molecule has 0 heterocycles. The van der Waals surface area contributed by atoms with Gasteiger partial charge in [-0.15, -0.1) is 0 Å². The van der Waals surface area contributed by atoms with Crippen LogP contribution in [0.5, 0.6) is 0 Å². The van der Waals surface area contributed by atoms with Gasteiger partial charge in [-0.2, -0.15) is 0 Å². The molecule has 0 rings (SSSR count). The summed E-state index contributed by atoms with van der Waals surface area (Å²) in [6.07, 6.45) is 0.835. The van der Waals surface area contributed by atoms with Gasteiger partial charge in [0.1, 0.15) is 0 Å². The summed E-state index contributed by atoms with van der Waals surface area (Å²) in [4.78, 5) is 33.5. The van der Waals surface area contributed by atoms with Crippen LogP contribution in [0.4, 0.5) is 0 Å². The predicted octanol–water partition coefficient (Wildman–Crippen LogP) is 0.546. The van der Waals surface area contributed by atoms with Crippen molar-refractivity contribution in [3.05, 3.63) is 0 Å². The van der Waals surface area contributed by atoms with Crippen molar-refractivity contribution in [2.75, 3.05) is 6.54 Å². The first-order valence-electron chi connectivity index (χ1n) is 6.51. The molecule has 110 valence electrons. The number of carbonyl (C=O) groups is 3. The Hall–Kier alpha value is -1.43. The summed E-state index contributed by atoms with van der Waals surface area (Å²) in [5.41, 5.74) is 5.70. The van der Waals surface area contributed by atoms with Crippen molar-refractivity contribution in [3.8, 4) is 0 Å². The number of Topliss-reactive ketones (excluding diaryl/α,β-unsaturated/α-hetero) is 1. The number of hydrogen-bond acceptors (Lipinski definition) is 4. The molecule has 1 amide bonds. The lowest BCUT2D eigenvalue weighted by Crippen LogP contribution is -2.37. The van der Waals surface area contributed by atoms with E-state index in [0.29, 0.717) is 19.4 Å². The van der Waals surface area contributed by atoms with Crippen molar-refractivity contribution in [1.29, 1.82) is 0 Å². The van der Waals surface area contributed by atoms with E-state index in [9.17, 15) is 14.4 Å². The summed E-state index contributed by atoms with van der Waals surface area (Å²) >= 11 is 0. The topological polar surface area (TPSA) is 109 Å². The molecule has 0 saturated carbocycles. The maximum absolute atomic E-state index is 11.8. The molecule has 19 heavy (non-hydrogen) atoms. The molecule has 0 radical (unpaired) electrons. The number of carboxylic acid groups (broad SMARTS) is 1. The van der Waals surface area contributed by atoms with E-state index in [2.05, 4.69) is 5.32 Å². The Kier molecular flexibility index (Phi) is 7.98. The second-order valence-corrected chi connectivity index (χ2v) is 5.10. The van der Waals surface area contributed by atoms with E-state index < -0.39 is 17.9 Å². The molecular formula is C13H24N2O4. The standard InChI is InChI=1S/C13H24N2O4/c1-8(2)12(14)11(17)7-10(13(18)19)5-4-6-15-9(3)16/h8,10,12H,4-7,14H2,1-3H3,(H,15,16)(H,18,19)/t10-,12+/m1/s1. The molecule has 0 unspecified atom stereocenters. The monoisotopic (exact) mass is 272 g/mol. The minimum Gasteiger partial charge on any atom is -0.481 e. The number of ketones is 1. The highest BCUT2D eigenvalue weighted by Gasteiger charge is 2.25. The minimum absolute atomic E-state index is 0.00123. The summed E-state index contributed by atoms with van der Waals surface area (Å²) in [5.74, 6) is -2.09. The van der Waals surface area contributed by atoms with Crippen LogP contribution in [-0.4, -0.2) is 35.4 Å². The molecule has 4 N–H and O–H groups in total. The molecule has 0 aliphatic carbocycles. The van der Waals surface area contributed by atoms with Crippen molar-refractivity contribution in [3.63, 3.8) is 0 Å². The van der Waals surface area contributed by atoms with Crippen LogP contribution in [0, 0.1) is 11.8 Å². The number of hydrogen-bond donors (Lipinski definition) is 3. The minimum atomic E-state index is -0.993. The highest BCUT2D eigenvalue weighted by molar-refractivity contribution is 5.87. The first-order valence-corrected chi connectivity index (χ1v) is 6.51. The van der Waals surface area contributed by atoms with Gasteiger partial charge < -0.3 is 16.2 Å². The van der Waals surface area contributed by atoms with Crippen molar-refractivity contribution >= 4 is 17.7 Å². The molecule has 0 aliphatic rings. The van der Waals surface area contributed by atoms with Gasteiger partial charge in [0.25, 0.3) is 0 Å². The summed E-state index contributed by atoms with van der Waals surface area (Å²) in [7, 11) is 0. The van der Waals surface area contributed by atoms with Crippen molar-refractivity contribution < 1.29 is 19.5 Å². The van der Waals surface area contributed by atoms with Gasteiger partial charge in [-0.05, 0) is 18.8 Å². The Morgan fingerprint density at radius 2 is 1.84 bits per heavy atom. The lowest BCUT2D eigenvalue weighted by Gasteiger charge is -2.17. The molecule has 0 bridgehead atoms. The quantitative estimate of drug-likeness (QED) is 0.531. The van der Waals surface area contributed by atoms with Crippen molar-refractivity contribution in [1.82, 2.24) is 5.32 Å². The lowest BCUT2D eigenvalue weighted by molar-refractivity contribution is -0.144. The Bertz CT molecular complexity index is 329.